The van der Waals surface area contributed by atoms with Gasteiger partial charge in [-0.2, -0.15) is 0 Å². The third-order valence-corrected chi connectivity index (χ3v) is 1.73. The van der Waals surface area contributed by atoms with Gasteiger partial charge in [-0.25, -0.2) is 9.97 Å². The second-order valence-corrected chi connectivity index (χ2v) is 2.57. The molecule has 1 aromatic heterocycles. The fourth-order valence-corrected chi connectivity index (χ4v) is 0.994. The van der Waals surface area contributed by atoms with Gasteiger partial charge in [0, 0.05) is 5.69 Å². The predicted octanol–water partition coefficient (Wildman–Crippen LogP) is 2.04. The van der Waals surface area contributed by atoms with Crippen LogP contribution in [0, 0.1) is 20.8 Å². The molecule has 11 heavy (non-hydrogen) atoms. The van der Waals surface area contributed by atoms with E-state index in [9.17, 15) is 0 Å². The molecule has 0 amide bonds. The summed E-state index contributed by atoms with van der Waals surface area (Å²) in [6, 6.07) is 0. The molecule has 0 saturated heterocycles. The first kappa shape index (κ1) is 7.92. The average molecular weight is 148 g/mol. The van der Waals surface area contributed by atoms with Crippen molar-refractivity contribution in [2.75, 3.05) is 0 Å². The molecular formula is C9H12N2. The van der Waals surface area contributed by atoms with Gasteiger partial charge in [0.1, 0.15) is 5.82 Å². The Kier molecular flexibility index (Phi) is 2.03. The summed E-state index contributed by atoms with van der Waals surface area (Å²) in [7, 11) is 0. The number of aryl methyl sites for hydroxylation is 2. The standard InChI is InChI=1S/C9H12N2/c1-5-9-6(2)7(3)10-8(4)11-9/h5H,1H2,2-4H3. The lowest BCUT2D eigenvalue weighted by Gasteiger charge is -2.03. The highest BCUT2D eigenvalue weighted by Crippen LogP contribution is 2.09. The van der Waals surface area contributed by atoms with Gasteiger partial charge in [0.2, 0.25) is 0 Å². The van der Waals surface area contributed by atoms with Gasteiger partial charge < -0.3 is 0 Å². The van der Waals surface area contributed by atoms with Gasteiger partial charge >= 0.3 is 0 Å². The first-order chi connectivity index (χ1) is 5.15. The predicted molar refractivity (Wildman–Crippen MR) is 46.3 cm³/mol. The molecule has 0 spiro atoms. The lowest BCUT2D eigenvalue weighted by atomic mass is 10.2. The summed E-state index contributed by atoms with van der Waals surface area (Å²) in [4.78, 5) is 8.45. The molecule has 0 unspecified atom stereocenters. The summed E-state index contributed by atoms with van der Waals surface area (Å²) in [6.45, 7) is 9.56. The average Bonchev–Trinajstić information content (AvgIpc) is 1.96. The molecule has 1 aromatic rings. The van der Waals surface area contributed by atoms with Crippen LogP contribution in [0.1, 0.15) is 22.8 Å². The highest BCUT2D eigenvalue weighted by molar-refractivity contribution is 5.47. The quantitative estimate of drug-likeness (QED) is 0.609. The Hall–Kier alpha value is -1.18. The fourth-order valence-electron chi connectivity index (χ4n) is 0.994. The van der Waals surface area contributed by atoms with Gasteiger partial charge in [-0.1, -0.05) is 6.58 Å². The molecule has 0 aliphatic carbocycles. The maximum atomic E-state index is 4.22. The first-order valence-electron chi connectivity index (χ1n) is 3.59. The molecule has 1 heterocycles. The van der Waals surface area contributed by atoms with Gasteiger partial charge in [-0.05, 0) is 32.4 Å². The zero-order valence-electron chi connectivity index (χ0n) is 7.18. The Morgan fingerprint density at radius 3 is 2.36 bits per heavy atom. The molecule has 58 valence electrons. The third-order valence-electron chi connectivity index (χ3n) is 1.73. The van der Waals surface area contributed by atoms with Crippen LogP contribution in [0.5, 0.6) is 0 Å². The van der Waals surface area contributed by atoms with Crippen LogP contribution in [-0.4, -0.2) is 9.97 Å². The maximum Gasteiger partial charge on any atom is 0.126 e. The number of hydrogen-bond acceptors (Lipinski definition) is 2. The molecule has 2 heteroatoms. The van der Waals surface area contributed by atoms with Crippen LogP contribution in [0.25, 0.3) is 6.08 Å². The van der Waals surface area contributed by atoms with Crippen molar-refractivity contribution in [2.45, 2.75) is 20.8 Å². The minimum absolute atomic E-state index is 0.808. The minimum Gasteiger partial charge on any atom is -0.238 e. The van der Waals surface area contributed by atoms with Crippen molar-refractivity contribution in [3.05, 3.63) is 29.4 Å². The minimum atomic E-state index is 0.808. The van der Waals surface area contributed by atoms with Gasteiger partial charge in [-0.3, -0.25) is 0 Å². The van der Waals surface area contributed by atoms with Gasteiger partial charge in [0.25, 0.3) is 0 Å². The SMILES string of the molecule is C=Cc1nc(C)nc(C)c1C. The van der Waals surface area contributed by atoms with Crippen molar-refractivity contribution in [3.63, 3.8) is 0 Å². The van der Waals surface area contributed by atoms with Gasteiger partial charge in [0.15, 0.2) is 0 Å². The molecular weight excluding hydrogens is 136 g/mol. The molecule has 1 rings (SSSR count). The number of hydrogen-bond donors (Lipinski definition) is 0. The molecule has 2 nitrogen and oxygen atoms in total. The van der Waals surface area contributed by atoms with Crippen molar-refractivity contribution >= 4 is 6.08 Å². The first-order valence-corrected chi connectivity index (χ1v) is 3.59. The van der Waals surface area contributed by atoms with Crippen LogP contribution in [-0.2, 0) is 0 Å². The molecule has 0 bridgehead atoms. The molecule has 0 saturated carbocycles. The summed E-state index contributed by atoms with van der Waals surface area (Å²) in [6.07, 6.45) is 1.76. The largest absolute Gasteiger partial charge is 0.238 e. The lowest BCUT2D eigenvalue weighted by Crippen LogP contribution is -1.97. The van der Waals surface area contributed by atoms with Crippen LogP contribution in [0.3, 0.4) is 0 Å². The molecule has 0 fully saturated rings. The zero-order valence-corrected chi connectivity index (χ0v) is 7.18. The van der Waals surface area contributed by atoms with Crippen LogP contribution in [0.15, 0.2) is 6.58 Å². The molecule has 0 aromatic carbocycles. The Bertz CT molecular complexity index is 290. The Labute approximate surface area is 67.0 Å². The lowest BCUT2D eigenvalue weighted by molar-refractivity contribution is 0.976. The highest BCUT2D eigenvalue weighted by atomic mass is 14.9. The Balaban J connectivity index is 3.35. The van der Waals surface area contributed by atoms with Gasteiger partial charge in [-0.15, -0.1) is 0 Å². The monoisotopic (exact) mass is 148 g/mol. The van der Waals surface area contributed by atoms with Crippen molar-refractivity contribution in [1.29, 1.82) is 0 Å². The van der Waals surface area contributed by atoms with Crippen LogP contribution in [0.2, 0.25) is 0 Å². The van der Waals surface area contributed by atoms with Crippen LogP contribution >= 0.6 is 0 Å². The molecule has 0 N–H and O–H groups in total. The molecule has 0 atom stereocenters. The topological polar surface area (TPSA) is 25.8 Å². The number of rotatable bonds is 1. The number of aromatic nitrogens is 2. The normalized spacial score (nSPS) is 9.73. The van der Waals surface area contributed by atoms with E-state index in [4.69, 9.17) is 0 Å². The molecule has 0 aliphatic heterocycles. The van der Waals surface area contributed by atoms with E-state index in [1.807, 2.05) is 20.8 Å². The Morgan fingerprint density at radius 1 is 1.18 bits per heavy atom. The highest BCUT2D eigenvalue weighted by Gasteiger charge is 2.00. The van der Waals surface area contributed by atoms with E-state index in [1.165, 1.54) is 0 Å². The van der Waals surface area contributed by atoms with Crippen LogP contribution in [0.4, 0.5) is 0 Å². The summed E-state index contributed by atoms with van der Waals surface area (Å²) in [5.41, 5.74) is 3.09. The van der Waals surface area contributed by atoms with E-state index in [1.54, 1.807) is 6.08 Å². The van der Waals surface area contributed by atoms with E-state index in [-0.39, 0.29) is 0 Å². The van der Waals surface area contributed by atoms with Crippen molar-refractivity contribution < 1.29 is 0 Å². The van der Waals surface area contributed by atoms with Crippen molar-refractivity contribution in [3.8, 4) is 0 Å². The van der Waals surface area contributed by atoms with E-state index in [0.717, 1.165) is 22.8 Å². The molecule has 0 aliphatic rings. The number of nitrogens with zero attached hydrogens (tertiary/aromatic N) is 2. The zero-order chi connectivity index (χ0) is 8.43. The van der Waals surface area contributed by atoms with Crippen molar-refractivity contribution in [2.24, 2.45) is 0 Å². The second-order valence-electron chi connectivity index (χ2n) is 2.57. The summed E-state index contributed by atoms with van der Waals surface area (Å²) < 4.78 is 0. The van der Waals surface area contributed by atoms with Gasteiger partial charge in [0.05, 0.1) is 5.69 Å². The van der Waals surface area contributed by atoms with E-state index >= 15 is 0 Å². The fraction of sp³-hybridized carbons (Fsp3) is 0.333. The Morgan fingerprint density at radius 2 is 1.82 bits per heavy atom. The summed E-state index contributed by atoms with van der Waals surface area (Å²) >= 11 is 0. The third kappa shape index (κ3) is 1.45. The molecule has 0 radical (unpaired) electrons. The summed E-state index contributed by atoms with van der Waals surface area (Å²) in [5.74, 6) is 0.808. The van der Waals surface area contributed by atoms with Crippen molar-refractivity contribution in [1.82, 2.24) is 9.97 Å². The van der Waals surface area contributed by atoms with E-state index in [0.29, 0.717) is 0 Å². The van der Waals surface area contributed by atoms with E-state index < -0.39 is 0 Å². The second kappa shape index (κ2) is 2.82. The van der Waals surface area contributed by atoms with Crippen LogP contribution < -0.4 is 0 Å². The smallest absolute Gasteiger partial charge is 0.126 e. The maximum absolute atomic E-state index is 4.22. The van der Waals surface area contributed by atoms with E-state index in [2.05, 4.69) is 16.5 Å². The summed E-state index contributed by atoms with van der Waals surface area (Å²) in [5, 5.41) is 0.